The fraction of sp³-hybridized carbons (Fsp3) is 0.429. The molecule has 0 saturated heterocycles. The van der Waals surface area contributed by atoms with Crippen molar-refractivity contribution in [3.05, 3.63) is 35.1 Å². The van der Waals surface area contributed by atoms with Crippen LogP contribution in [0.4, 0.5) is 5.13 Å². The predicted octanol–water partition coefficient (Wildman–Crippen LogP) is 3.23. The number of carbonyl (C=O) groups excluding carboxylic acids is 1. The molecule has 3 rings (SSSR count). The van der Waals surface area contributed by atoms with Crippen molar-refractivity contribution in [3.63, 3.8) is 0 Å². The van der Waals surface area contributed by atoms with Crippen LogP contribution >= 0.6 is 11.3 Å². The second kappa shape index (κ2) is 6.09. The molecule has 6 heteroatoms. The fourth-order valence-electron chi connectivity index (χ4n) is 2.46. The lowest BCUT2D eigenvalue weighted by molar-refractivity contribution is 0.102. The van der Waals surface area contributed by atoms with E-state index < -0.39 is 0 Å². The third kappa shape index (κ3) is 3.01. The summed E-state index contributed by atoms with van der Waals surface area (Å²) in [6.45, 7) is 0. The molecular formula is C14H16N4OS. The third-order valence-electron chi connectivity index (χ3n) is 3.51. The number of nitrogens with zero attached hydrogens (tertiary/aromatic N) is 3. The lowest BCUT2D eigenvalue weighted by Gasteiger charge is -2.18. The summed E-state index contributed by atoms with van der Waals surface area (Å²) in [6.07, 6.45) is 7.81. The SMILES string of the molecule is O=C(Nc1nnc(C2CCCCC2)s1)c1ccccn1. The molecule has 104 valence electrons. The van der Waals surface area contributed by atoms with E-state index in [1.807, 2.05) is 0 Å². The quantitative estimate of drug-likeness (QED) is 0.941. The molecule has 0 radical (unpaired) electrons. The lowest BCUT2D eigenvalue weighted by Crippen LogP contribution is -2.13. The summed E-state index contributed by atoms with van der Waals surface area (Å²) in [5.74, 6) is 0.277. The highest BCUT2D eigenvalue weighted by molar-refractivity contribution is 7.15. The minimum atomic E-state index is -0.239. The molecule has 0 aromatic carbocycles. The molecule has 0 aliphatic heterocycles. The smallest absolute Gasteiger partial charge is 0.276 e. The molecular weight excluding hydrogens is 272 g/mol. The van der Waals surface area contributed by atoms with Crippen molar-refractivity contribution in [2.24, 2.45) is 0 Å². The zero-order chi connectivity index (χ0) is 13.8. The summed E-state index contributed by atoms with van der Waals surface area (Å²) >= 11 is 1.48. The van der Waals surface area contributed by atoms with Crippen LogP contribution in [0.3, 0.4) is 0 Å². The molecule has 2 heterocycles. The number of rotatable bonds is 3. The highest BCUT2D eigenvalue weighted by Gasteiger charge is 2.20. The Kier molecular flexibility index (Phi) is 4.01. The van der Waals surface area contributed by atoms with Gasteiger partial charge in [0.05, 0.1) is 0 Å². The van der Waals surface area contributed by atoms with Crippen LogP contribution in [0.15, 0.2) is 24.4 Å². The highest BCUT2D eigenvalue weighted by atomic mass is 32.1. The molecule has 1 amide bonds. The second-order valence-electron chi connectivity index (χ2n) is 4.95. The van der Waals surface area contributed by atoms with Gasteiger partial charge in [0.1, 0.15) is 10.7 Å². The molecule has 1 saturated carbocycles. The minimum Gasteiger partial charge on any atom is -0.295 e. The normalized spacial score (nSPS) is 16.0. The van der Waals surface area contributed by atoms with Crippen LogP contribution in [0.1, 0.15) is 53.5 Å². The van der Waals surface area contributed by atoms with E-state index in [4.69, 9.17) is 0 Å². The Morgan fingerprint density at radius 3 is 2.80 bits per heavy atom. The number of carbonyl (C=O) groups is 1. The van der Waals surface area contributed by atoms with Gasteiger partial charge in [0.25, 0.3) is 5.91 Å². The Morgan fingerprint density at radius 1 is 1.20 bits per heavy atom. The van der Waals surface area contributed by atoms with Crippen LogP contribution in [0.25, 0.3) is 0 Å². The first-order chi connectivity index (χ1) is 9.83. The number of amides is 1. The van der Waals surface area contributed by atoms with Crippen molar-refractivity contribution >= 4 is 22.4 Å². The zero-order valence-electron chi connectivity index (χ0n) is 11.1. The van der Waals surface area contributed by atoms with E-state index >= 15 is 0 Å². The van der Waals surface area contributed by atoms with Gasteiger partial charge in [0, 0.05) is 12.1 Å². The summed E-state index contributed by atoms with van der Waals surface area (Å²) in [4.78, 5) is 16.0. The van der Waals surface area contributed by atoms with Crippen molar-refractivity contribution in [1.82, 2.24) is 15.2 Å². The number of hydrogen-bond acceptors (Lipinski definition) is 5. The van der Waals surface area contributed by atoms with E-state index in [2.05, 4.69) is 20.5 Å². The maximum absolute atomic E-state index is 12.0. The van der Waals surface area contributed by atoms with Crippen molar-refractivity contribution in [3.8, 4) is 0 Å². The standard InChI is InChI=1S/C14H16N4OS/c19-12(11-8-4-5-9-15-11)16-14-18-17-13(20-14)10-6-2-1-3-7-10/h4-5,8-10H,1-3,6-7H2,(H,16,18,19). The number of pyridine rings is 1. The van der Waals surface area contributed by atoms with Crippen LogP contribution in [0.2, 0.25) is 0 Å². The molecule has 0 bridgehead atoms. The molecule has 1 N–H and O–H groups in total. The molecule has 2 aromatic rings. The van der Waals surface area contributed by atoms with Gasteiger partial charge >= 0.3 is 0 Å². The largest absolute Gasteiger partial charge is 0.295 e. The number of hydrogen-bond donors (Lipinski definition) is 1. The second-order valence-corrected chi connectivity index (χ2v) is 5.96. The molecule has 0 spiro atoms. The maximum atomic E-state index is 12.0. The minimum absolute atomic E-state index is 0.239. The highest BCUT2D eigenvalue weighted by Crippen LogP contribution is 2.35. The van der Waals surface area contributed by atoms with Crippen LogP contribution in [0, 0.1) is 0 Å². The number of anilines is 1. The summed E-state index contributed by atoms with van der Waals surface area (Å²) in [6, 6.07) is 5.25. The Bertz CT molecular complexity index is 578. The Hall–Kier alpha value is -1.82. The van der Waals surface area contributed by atoms with Gasteiger partial charge in [0.2, 0.25) is 5.13 Å². The average Bonchev–Trinajstić information content (AvgIpc) is 2.97. The summed E-state index contributed by atoms with van der Waals surface area (Å²) in [5.41, 5.74) is 0.391. The molecule has 2 aromatic heterocycles. The number of aromatic nitrogens is 3. The van der Waals surface area contributed by atoms with E-state index in [9.17, 15) is 4.79 Å². The maximum Gasteiger partial charge on any atom is 0.276 e. The average molecular weight is 288 g/mol. The van der Waals surface area contributed by atoms with Crippen LogP contribution in [0.5, 0.6) is 0 Å². The molecule has 1 fully saturated rings. The van der Waals surface area contributed by atoms with E-state index in [0.717, 1.165) is 5.01 Å². The van der Waals surface area contributed by atoms with Crippen molar-refractivity contribution in [2.45, 2.75) is 38.0 Å². The summed E-state index contributed by atoms with van der Waals surface area (Å²) < 4.78 is 0. The van der Waals surface area contributed by atoms with E-state index in [-0.39, 0.29) is 5.91 Å². The van der Waals surface area contributed by atoms with E-state index in [1.165, 1.54) is 43.4 Å². The van der Waals surface area contributed by atoms with Crippen molar-refractivity contribution in [1.29, 1.82) is 0 Å². The van der Waals surface area contributed by atoms with Crippen LogP contribution < -0.4 is 5.32 Å². The molecule has 5 nitrogen and oxygen atoms in total. The van der Waals surface area contributed by atoms with Gasteiger partial charge in [0.15, 0.2) is 0 Å². The van der Waals surface area contributed by atoms with Crippen LogP contribution in [-0.4, -0.2) is 21.1 Å². The lowest BCUT2D eigenvalue weighted by atomic mass is 9.90. The van der Waals surface area contributed by atoms with Crippen molar-refractivity contribution in [2.75, 3.05) is 5.32 Å². The van der Waals surface area contributed by atoms with Gasteiger partial charge in [-0.2, -0.15) is 0 Å². The predicted molar refractivity (Wildman–Crippen MR) is 77.9 cm³/mol. The Morgan fingerprint density at radius 2 is 2.05 bits per heavy atom. The number of nitrogens with one attached hydrogen (secondary N) is 1. The fourth-order valence-corrected chi connectivity index (χ4v) is 3.37. The Balaban J connectivity index is 1.66. The van der Waals surface area contributed by atoms with Gasteiger partial charge in [-0.1, -0.05) is 36.7 Å². The molecule has 20 heavy (non-hydrogen) atoms. The van der Waals surface area contributed by atoms with Gasteiger partial charge < -0.3 is 0 Å². The molecule has 0 atom stereocenters. The van der Waals surface area contributed by atoms with Gasteiger partial charge in [-0.15, -0.1) is 10.2 Å². The Labute approximate surface area is 121 Å². The van der Waals surface area contributed by atoms with Gasteiger partial charge in [-0.3, -0.25) is 15.1 Å². The first-order valence-electron chi connectivity index (χ1n) is 6.89. The van der Waals surface area contributed by atoms with Gasteiger partial charge in [-0.25, -0.2) is 0 Å². The van der Waals surface area contributed by atoms with Gasteiger partial charge in [-0.05, 0) is 25.0 Å². The first-order valence-corrected chi connectivity index (χ1v) is 7.70. The van der Waals surface area contributed by atoms with Crippen molar-refractivity contribution < 1.29 is 4.79 Å². The zero-order valence-corrected chi connectivity index (χ0v) is 11.9. The monoisotopic (exact) mass is 288 g/mol. The molecule has 0 unspecified atom stereocenters. The van der Waals surface area contributed by atoms with Crippen LogP contribution in [-0.2, 0) is 0 Å². The molecule has 1 aliphatic rings. The van der Waals surface area contributed by atoms with E-state index in [1.54, 1.807) is 24.4 Å². The van der Waals surface area contributed by atoms with E-state index in [0.29, 0.717) is 16.7 Å². The first kappa shape index (κ1) is 13.2. The summed E-state index contributed by atoms with van der Waals surface area (Å²) in [5, 5.41) is 12.6. The topological polar surface area (TPSA) is 67.8 Å². The third-order valence-corrected chi connectivity index (χ3v) is 4.51. The molecule has 1 aliphatic carbocycles. The summed E-state index contributed by atoms with van der Waals surface area (Å²) in [7, 11) is 0.